The lowest BCUT2D eigenvalue weighted by atomic mass is 10.1. The minimum absolute atomic E-state index is 0.0672. The number of allylic oxidation sites excluding steroid dienone is 1. The summed E-state index contributed by atoms with van der Waals surface area (Å²) in [5.74, 6) is 0.395. The first kappa shape index (κ1) is 18.2. The van der Waals surface area contributed by atoms with Gasteiger partial charge < -0.3 is 14.8 Å². The molecule has 26 heavy (non-hydrogen) atoms. The average Bonchev–Trinajstić information content (AvgIpc) is 3.18. The topological polar surface area (TPSA) is 91.2 Å². The third-order valence-electron chi connectivity index (χ3n) is 4.10. The standard InChI is InChI=1S/C18H23N5O3/c1-13(2)4-8-26-16-5-7-25-10-15(16)22-18(24)14-3-6-19-17(9-14)23-11-20-21-12-23/h3-4,6,9,11-12,15-16H,5,7-8,10H2,1-2H3,(H,22,24)/t15-,16+/m1/s1. The predicted molar refractivity (Wildman–Crippen MR) is 95.0 cm³/mol. The van der Waals surface area contributed by atoms with Crippen LogP contribution in [-0.2, 0) is 9.47 Å². The van der Waals surface area contributed by atoms with E-state index in [0.29, 0.717) is 31.2 Å². The Kier molecular flexibility index (Phi) is 6.08. The highest BCUT2D eigenvalue weighted by Crippen LogP contribution is 2.14. The molecule has 2 atom stereocenters. The second-order valence-corrected chi connectivity index (χ2v) is 6.37. The van der Waals surface area contributed by atoms with Crippen molar-refractivity contribution in [2.75, 3.05) is 19.8 Å². The molecule has 1 aliphatic rings. The summed E-state index contributed by atoms with van der Waals surface area (Å²) in [5, 5.41) is 10.5. The number of carbonyl (C=O) groups excluding carboxylic acids is 1. The van der Waals surface area contributed by atoms with Crippen molar-refractivity contribution in [2.24, 2.45) is 0 Å². The Balaban J connectivity index is 1.66. The molecule has 138 valence electrons. The second-order valence-electron chi connectivity index (χ2n) is 6.37. The van der Waals surface area contributed by atoms with Crippen molar-refractivity contribution >= 4 is 5.91 Å². The Labute approximate surface area is 152 Å². The van der Waals surface area contributed by atoms with Crippen LogP contribution in [-0.4, -0.2) is 57.6 Å². The molecule has 8 nitrogen and oxygen atoms in total. The van der Waals surface area contributed by atoms with Gasteiger partial charge in [-0.15, -0.1) is 10.2 Å². The van der Waals surface area contributed by atoms with Gasteiger partial charge in [0, 0.05) is 18.4 Å². The van der Waals surface area contributed by atoms with E-state index in [9.17, 15) is 4.79 Å². The smallest absolute Gasteiger partial charge is 0.251 e. The minimum atomic E-state index is -0.187. The van der Waals surface area contributed by atoms with Gasteiger partial charge in [-0.1, -0.05) is 11.6 Å². The summed E-state index contributed by atoms with van der Waals surface area (Å²) in [6, 6.07) is 3.18. The molecule has 0 saturated carbocycles. The zero-order valence-corrected chi connectivity index (χ0v) is 15.0. The molecule has 0 bridgehead atoms. The summed E-state index contributed by atoms with van der Waals surface area (Å²) in [6.07, 6.45) is 7.37. The van der Waals surface area contributed by atoms with E-state index in [-0.39, 0.29) is 18.1 Å². The minimum Gasteiger partial charge on any atom is -0.379 e. The van der Waals surface area contributed by atoms with Crippen LogP contribution >= 0.6 is 0 Å². The molecule has 1 N–H and O–H groups in total. The van der Waals surface area contributed by atoms with E-state index in [1.54, 1.807) is 22.9 Å². The molecule has 1 saturated heterocycles. The summed E-state index contributed by atoms with van der Waals surface area (Å²) < 4.78 is 13.1. The van der Waals surface area contributed by atoms with Crippen LogP contribution in [0.25, 0.3) is 5.82 Å². The van der Waals surface area contributed by atoms with E-state index in [4.69, 9.17) is 9.47 Å². The highest BCUT2D eigenvalue weighted by Gasteiger charge is 2.28. The van der Waals surface area contributed by atoms with Gasteiger partial charge in [0.15, 0.2) is 0 Å². The third-order valence-corrected chi connectivity index (χ3v) is 4.10. The molecule has 2 aromatic rings. The number of hydrogen-bond donors (Lipinski definition) is 1. The predicted octanol–water partition coefficient (Wildman–Crippen LogP) is 1.53. The van der Waals surface area contributed by atoms with E-state index >= 15 is 0 Å². The van der Waals surface area contributed by atoms with E-state index < -0.39 is 0 Å². The Hall–Kier alpha value is -2.58. The molecule has 1 aliphatic heterocycles. The van der Waals surface area contributed by atoms with Crippen LogP contribution in [0.1, 0.15) is 30.6 Å². The molecule has 1 fully saturated rings. The van der Waals surface area contributed by atoms with Crippen molar-refractivity contribution in [1.29, 1.82) is 0 Å². The molecule has 0 unspecified atom stereocenters. The number of nitrogens with zero attached hydrogens (tertiary/aromatic N) is 4. The van der Waals surface area contributed by atoms with Gasteiger partial charge in [-0.05, 0) is 32.4 Å². The molecular formula is C18H23N5O3. The molecule has 2 aromatic heterocycles. The first-order valence-electron chi connectivity index (χ1n) is 8.58. The van der Waals surface area contributed by atoms with Gasteiger partial charge >= 0.3 is 0 Å². The zero-order chi connectivity index (χ0) is 18.4. The van der Waals surface area contributed by atoms with Crippen molar-refractivity contribution in [2.45, 2.75) is 32.4 Å². The monoisotopic (exact) mass is 357 g/mol. The summed E-state index contributed by atoms with van der Waals surface area (Å²) in [7, 11) is 0. The first-order valence-corrected chi connectivity index (χ1v) is 8.58. The van der Waals surface area contributed by atoms with Crippen LogP contribution < -0.4 is 5.32 Å². The lowest BCUT2D eigenvalue weighted by Crippen LogP contribution is -2.50. The molecular weight excluding hydrogens is 334 g/mol. The van der Waals surface area contributed by atoms with Crippen molar-refractivity contribution in [3.63, 3.8) is 0 Å². The number of pyridine rings is 1. The SMILES string of the molecule is CC(C)=CCO[C@H]1CCOC[C@H]1NC(=O)c1ccnc(-n2cnnc2)c1. The number of carbonyl (C=O) groups is 1. The number of amides is 1. The van der Waals surface area contributed by atoms with Crippen LogP contribution in [0.15, 0.2) is 42.6 Å². The maximum Gasteiger partial charge on any atom is 0.251 e. The number of hydrogen-bond acceptors (Lipinski definition) is 6. The van der Waals surface area contributed by atoms with E-state index in [0.717, 1.165) is 6.42 Å². The molecule has 3 heterocycles. The van der Waals surface area contributed by atoms with Gasteiger partial charge in [0.05, 0.1) is 25.4 Å². The van der Waals surface area contributed by atoms with Crippen molar-refractivity contribution in [3.05, 3.63) is 48.2 Å². The molecule has 0 aromatic carbocycles. The number of nitrogens with one attached hydrogen (secondary N) is 1. The first-order chi connectivity index (χ1) is 12.6. The van der Waals surface area contributed by atoms with Gasteiger partial charge in [0.25, 0.3) is 5.91 Å². The molecule has 0 aliphatic carbocycles. The van der Waals surface area contributed by atoms with E-state index in [1.165, 1.54) is 18.2 Å². The van der Waals surface area contributed by atoms with Gasteiger partial charge in [-0.3, -0.25) is 9.36 Å². The van der Waals surface area contributed by atoms with Gasteiger partial charge in [-0.2, -0.15) is 0 Å². The zero-order valence-electron chi connectivity index (χ0n) is 15.0. The van der Waals surface area contributed by atoms with Crippen LogP contribution in [0, 0.1) is 0 Å². The lowest BCUT2D eigenvalue weighted by Gasteiger charge is -2.31. The van der Waals surface area contributed by atoms with Gasteiger partial charge in [-0.25, -0.2) is 4.98 Å². The largest absolute Gasteiger partial charge is 0.379 e. The quantitative estimate of drug-likeness (QED) is 0.789. The second kappa shape index (κ2) is 8.68. The molecule has 0 spiro atoms. The lowest BCUT2D eigenvalue weighted by molar-refractivity contribution is -0.0457. The Bertz CT molecular complexity index is 756. The summed E-state index contributed by atoms with van der Waals surface area (Å²) in [4.78, 5) is 16.9. The van der Waals surface area contributed by atoms with E-state index in [2.05, 4.69) is 20.5 Å². The van der Waals surface area contributed by atoms with Crippen molar-refractivity contribution in [1.82, 2.24) is 25.1 Å². The third kappa shape index (κ3) is 4.74. The molecule has 1 amide bonds. The fourth-order valence-electron chi connectivity index (χ4n) is 2.66. The van der Waals surface area contributed by atoms with Crippen LogP contribution in [0.3, 0.4) is 0 Å². The highest BCUT2D eigenvalue weighted by atomic mass is 16.5. The number of aromatic nitrogens is 4. The summed E-state index contributed by atoms with van der Waals surface area (Å²) in [6.45, 7) is 5.67. The van der Waals surface area contributed by atoms with Crippen molar-refractivity contribution < 1.29 is 14.3 Å². The summed E-state index contributed by atoms with van der Waals surface area (Å²) >= 11 is 0. The van der Waals surface area contributed by atoms with Crippen molar-refractivity contribution in [3.8, 4) is 5.82 Å². The Morgan fingerprint density at radius 2 is 2.23 bits per heavy atom. The molecule has 3 rings (SSSR count). The highest BCUT2D eigenvalue weighted by molar-refractivity contribution is 5.94. The van der Waals surface area contributed by atoms with Crippen LogP contribution in [0.4, 0.5) is 0 Å². The number of ether oxygens (including phenoxy) is 2. The maximum atomic E-state index is 12.7. The van der Waals surface area contributed by atoms with Gasteiger partial charge in [0.2, 0.25) is 0 Å². The Morgan fingerprint density at radius 3 is 3.00 bits per heavy atom. The summed E-state index contributed by atoms with van der Waals surface area (Å²) in [5.41, 5.74) is 1.72. The Morgan fingerprint density at radius 1 is 1.42 bits per heavy atom. The van der Waals surface area contributed by atoms with E-state index in [1.807, 2.05) is 19.9 Å². The van der Waals surface area contributed by atoms with Crippen LogP contribution in [0.5, 0.6) is 0 Å². The average molecular weight is 357 g/mol. The fraction of sp³-hybridized carbons (Fsp3) is 0.444. The maximum absolute atomic E-state index is 12.7. The molecule has 8 heteroatoms. The van der Waals surface area contributed by atoms with Crippen LogP contribution in [0.2, 0.25) is 0 Å². The molecule has 0 radical (unpaired) electrons. The number of rotatable bonds is 6. The normalized spacial score (nSPS) is 19.8. The fourth-order valence-corrected chi connectivity index (χ4v) is 2.66. The van der Waals surface area contributed by atoms with Gasteiger partial charge in [0.1, 0.15) is 18.5 Å².